The molecular formula is C12H18ClN4O4P. The van der Waals surface area contributed by atoms with Crippen LogP contribution in [0.4, 0.5) is 0 Å². The van der Waals surface area contributed by atoms with E-state index in [0.29, 0.717) is 42.7 Å². The minimum atomic E-state index is -3.18. The molecule has 2 heterocycles. The van der Waals surface area contributed by atoms with Crippen LogP contribution in [-0.4, -0.2) is 45.7 Å². The third-order valence-corrected chi connectivity index (χ3v) is 4.81. The summed E-state index contributed by atoms with van der Waals surface area (Å²) in [7, 11) is -3.18. The summed E-state index contributed by atoms with van der Waals surface area (Å²) in [5.41, 5.74) is 1.17. The summed E-state index contributed by atoms with van der Waals surface area (Å²) >= 11 is 5.93. The molecule has 122 valence electrons. The molecule has 0 atom stereocenters. The van der Waals surface area contributed by atoms with Crippen LogP contribution in [0.5, 0.6) is 0 Å². The molecule has 0 amide bonds. The molecule has 2 aromatic rings. The van der Waals surface area contributed by atoms with Gasteiger partial charge in [-0.3, -0.25) is 4.57 Å². The second-order valence-corrected chi connectivity index (χ2v) is 6.61. The van der Waals surface area contributed by atoms with Crippen LogP contribution in [0.1, 0.15) is 13.8 Å². The number of nitrogens with zero attached hydrogens (tertiary/aromatic N) is 4. The molecule has 0 saturated heterocycles. The van der Waals surface area contributed by atoms with E-state index in [2.05, 4.69) is 15.0 Å². The summed E-state index contributed by atoms with van der Waals surface area (Å²) in [6, 6.07) is 0. The predicted octanol–water partition coefficient (Wildman–Crippen LogP) is 2.72. The van der Waals surface area contributed by atoms with Gasteiger partial charge in [0.15, 0.2) is 10.8 Å². The SMILES string of the molecule is CCOP(=O)(COCCn1cnc2c(Cl)ncnc21)OCC. The van der Waals surface area contributed by atoms with Crippen LogP contribution >= 0.6 is 19.2 Å². The number of rotatable bonds is 9. The fraction of sp³-hybridized carbons (Fsp3) is 0.583. The first-order valence-corrected chi connectivity index (χ1v) is 8.97. The minimum Gasteiger partial charge on any atom is -0.367 e. The molecule has 0 aliphatic heterocycles. The highest BCUT2D eigenvalue weighted by molar-refractivity contribution is 7.53. The van der Waals surface area contributed by atoms with E-state index in [-0.39, 0.29) is 6.35 Å². The number of halogens is 1. The van der Waals surface area contributed by atoms with E-state index in [0.717, 1.165) is 0 Å². The Hall–Kier alpha value is -1.05. The van der Waals surface area contributed by atoms with Gasteiger partial charge in [-0.25, -0.2) is 15.0 Å². The second kappa shape index (κ2) is 7.99. The summed E-state index contributed by atoms with van der Waals surface area (Å²) in [5.74, 6) is 0. The van der Waals surface area contributed by atoms with Gasteiger partial charge in [-0.15, -0.1) is 0 Å². The van der Waals surface area contributed by atoms with Gasteiger partial charge < -0.3 is 18.4 Å². The highest BCUT2D eigenvalue weighted by Crippen LogP contribution is 2.47. The van der Waals surface area contributed by atoms with E-state index in [1.807, 2.05) is 0 Å². The average molecular weight is 349 g/mol. The molecule has 0 N–H and O–H groups in total. The fourth-order valence-corrected chi connectivity index (χ4v) is 3.40. The quantitative estimate of drug-likeness (QED) is 0.391. The Labute approximate surface area is 133 Å². The molecule has 0 aliphatic rings. The van der Waals surface area contributed by atoms with E-state index in [9.17, 15) is 4.57 Å². The van der Waals surface area contributed by atoms with Crippen molar-refractivity contribution in [3.8, 4) is 0 Å². The van der Waals surface area contributed by atoms with Crippen molar-refractivity contribution in [2.45, 2.75) is 20.4 Å². The van der Waals surface area contributed by atoms with Crippen molar-refractivity contribution in [3.63, 3.8) is 0 Å². The average Bonchev–Trinajstić information content (AvgIpc) is 2.89. The second-order valence-electron chi connectivity index (χ2n) is 4.26. The van der Waals surface area contributed by atoms with Crippen molar-refractivity contribution in [1.82, 2.24) is 19.5 Å². The van der Waals surface area contributed by atoms with Crippen LogP contribution in [-0.2, 0) is 24.9 Å². The lowest BCUT2D eigenvalue weighted by Crippen LogP contribution is -2.09. The standard InChI is InChI=1S/C12H18ClN4O4P/c1-3-20-22(18,21-4-2)9-19-6-5-17-8-16-10-11(13)14-7-15-12(10)17/h7-8H,3-6,9H2,1-2H3. The zero-order chi connectivity index (χ0) is 16.0. The molecule has 0 bridgehead atoms. The summed E-state index contributed by atoms with van der Waals surface area (Å²) in [6.07, 6.45) is 2.90. The van der Waals surface area contributed by atoms with Gasteiger partial charge >= 0.3 is 7.60 Å². The van der Waals surface area contributed by atoms with Gasteiger partial charge in [-0.2, -0.15) is 0 Å². The third-order valence-electron chi connectivity index (χ3n) is 2.73. The zero-order valence-electron chi connectivity index (χ0n) is 12.4. The van der Waals surface area contributed by atoms with Gasteiger partial charge in [0.2, 0.25) is 0 Å². The van der Waals surface area contributed by atoms with Gasteiger partial charge in [0.25, 0.3) is 0 Å². The molecule has 0 radical (unpaired) electrons. The first-order valence-electron chi connectivity index (χ1n) is 6.87. The topological polar surface area (TPSA) is 88.4 Å². The molecule has 0 unspecified atom stereocenters. The van der Waals surface area contributed by atoms with Gasteiger partial charge in [-0.05, 0) is 13.8 Å². The maximum atomic E-state index is 12.2. The lowest BCUT2D eigenvalue weighted by atomic mass is 10.5. The lowest BCUT2D eigenvalue weighted by Gasteiger charge is -2.16. The molecule has 2 aromatic heterocycles. The highest BCUT2D eigenvalue weighted by Gasteiger charge is 2.23. The molecule has 10 heteroatoms. The summed E-state index contributed by atoms with van der Waals surface area (Å²) in [5, 5.41) is 0.307. The minimum absolute atomic E-state index is 0.0863. The molecule has 0 aliphatic carbocycles. The first-order chi connectivity index (χ1) is 10.6. The van der Waals surface area contributed by atoms with Crippen LogP contribution < -0.4 is 0 Å². The summed E-state index contributed by atoms with van der Waals surface area (Å²) in [6.45, 7) is 4.93. The number of aromatic nitrogens is 4. The molecule has 8 nitrogen and oxygen atoms in total. The summed E-state index contributed by atoms with van der Waals surface area (Å²) < 4.78 is 29.7. The largest absolute Gasteiger partial charge is 0.367 e. The number of imidazole rings is 1. The van der Waals surface area contributed by atoms with E-state index in [1.165, 1.54) is 6.33 Å². The van der Waals surface area contributed by atoms with Crippen LogP contribution in [0.25, 0.3) is 11.2 Å². The van der Waals surface area contributed by atoms with Crippen molar-refractivity contribution < 1.29 is 18.3 Å². The van der Waals surface area contributed by atoms with Gasteiger partial charge in [0.1, 0.15) is 18.2 Å². The monoisotopic (exact) mass is 348 g/mol. The molecule has 0 aromatic carbocycles. The Kier molecular flexibility index (Phi) is 6.28. The smallest absolute Gasteiger partial charge is 0.356 e. The van der Waals surface area contributed by atoms with Crippen molar-refractivity contribution >= 4 is 30.4 Å². The normalized spacial score (nSPS) is 12.1. The molecule has 2 rings (SSSR count). The van der Waals surface area contributed by atoms with Crippen LogP contribution in [0.15, 0.2) is 12.7 Å². The van der Waals surface area contributed by atoms with Crippen molar-refractivity contribution in [1.29, 1.82) is 0 Å². The Morgan fingerprint density at radius 3 is 2.64 bits per heavy atom. The number of hydrogen-bond acceptors (Lipinski definition) is 7. The Bertz CT molecular complexity index is 656. The molecule has 0 saturated carbocycles. The van der Waals surface area contributed by atoms with E-state index in [4.69, 9.17) is 25.4 Å². The van der Waals surface area contributed by atoms with Gasteiger partial charge in [0, 0.05) is 6.54 Å². The Morgan fingerprint density at radius 1 is 1.23 bits per heavy atom. The number of fused-ring (bicyclic) bond motifs is 1. The van der Waals surface area contributed by atoms with E-state index in [1.54, 1.807) is 24.7 Å². The highest BCUT2D eigenvalue weighted by atomic mass is 35.5. The Morgan fingerprint density at radius 2 is 1.95 bits per heavy atom. The van der Waals surface area contributed by atoms with E-state index >= 15 is 0 Å². The van der Waals surface area contributed by atoms with Crippen LogP contribution in [0, 0.1) is 0 Å². The predicted molar refractivity (Wildman–Crippen MR) is 82.0 cm³/mol. The molecule has 0 fully saturated rings. The van der Waals surface area contributed by atoms with Crippen molar-refractivity contribution in [2.24, 2.45) is 0 Å². The third kappa shape index (κ3) is 4.24. The maximum absolute atomic E-state index is 12.2. The molecule has 22 heavy (non-hydrogen) atoms. The van der Waals surface area contributed by atoms with Crippen LogP contribution in [0.2, 0.25) is 5.15 Å². The van der Waals surface area contributed by atoms with Gasteiger partial charge in [-0.1, -0.05) is 11.6 Å². The first kappa shape index (κ1) is 17.3. The number of hydrogen-bond donors (Lipinski definition) is 0. The summed E-state index contributed by atoms with van der Waals surface area (Å²) in [4.78, 5) is 12.2. The fourth-order valence-electron chi connectivity index (χ4n) is 1.86. The molecule has 0 spiro atoms. The Balaban J connectivity index is 1.90. The van der Waals surface area contributed by atoms with Crippen molar-refractivity contribution in [3.05, 3.63) is 17.8 Å². The van der Waals surface area contributed by atoms with Crippen molar-refractivity contribution in [2.75, 3.05) is 26.2 Å². The number of ether oxygens (including phenoxy) is 1. The van der Waals surface area contributed by atoms with Gasteiger partial charge in [0.05, 0.1) is 26.1 Å². The molecular weight excluding hydrogens is 331 g/mol. The van der Waals surface area contributed by atoms with Crippen LogP contribution in [0.3, 0.4) is 0 Å². The maximum Gasteiger partial charge on any atom is 0.356 e. The van der Waals surface area contributed by atoms with E-state index < -0.39 is 7.60 Å². The lowest BCUT2D eigenvalue weighted by molar-refractivity contribution is 0.127. The zero-order valence-corrected chi connectivity index (χ0v) is 14.1.